The third kappa shape index (κ3) is 2.30. The van der Waals surface area contributed by atoms with Gasteiger partial charge >= 0.3 is 0 Å². The van der Waals surface area contributed by atoms with E-state index in [0.29, 0.717) is 0 Å². The molecule has 0 aliphatic rings. The summed E-state index contributed by atoms with van der Waals surface area (Å²) in [5, 5.41) is 4.67. The number of hydrogen-bond acceptors (Lipinski definition) is 5. The van der Waals surface area contributed by atoms with Crippen LogP contribution in [0.15, 0.2) is 47.2 Å². The molecular weight excluding hydrogens is 258 g/mol. The van der Waals surface area contributed by atoms with Crippen molar-refractivity contribution < 1.29 is 4.52 Å². The minimum Gasteiger partial charge on any atom is -0.361 e. The van der Waals surface area contributed by atoms with Gasteiger partial charge in [-0.2, -0.15) is 0 Å². The van der Waals surface area contributed by atoms with Crippen LogP contribution >= 0.6 is 11.3 Å². The monoisotopic (exact) mass is 271 g/mol. The van der Waals surface area contributed by atoms with Gasteiger partial charge < -0.3 is 10.3 Å². The van der Waals surface area contributed by atoms with Crippen molar-refractivity contribution in [3.63, 3.8) is 0 Å². The highest BCUT2D eigenvalue weighted by Crippen LogP contribution is 2.32. The number of hydrogen-bond donors (Lipinski definition) is 1. The molecule has 3 rings (SSSR count). The molecule has 1 unspecified atom stereocenters. The molecule has 2 N–H and O–H groups in total. The summed E-state index contributed by atoms with van der Waals surface area (Å²) in [6, 6.07) is 9.76. The first-order chi connectivity index (χ1) is 9.25. The summed E-state index contributed by atoms with van der Waals surface area (Å²) in [7, 11) is 0. The summed E-state index contributed by atoms with van der Waals surface area (Å²) in [6.45, 7) is 1.89. The van der Waals surface area contributed by atoms with Gasteiger partial charge in [0.05, 0.1) is 22.7 Å². The Bertz CT molecular complexity index is 675. The lowest BCUT2D eigenvalue weighted by Crippen LogP contribution is -2.10. The average Bonchev–Trinajstić information content (AvgIpc) is 3.07. The fourth-order valence-corrected chi connectivity index (χ4v) is 2.90. The molecule has 0 spiro atoms. The molecular formula is C14H13N3OS. The standard InChI is InChI=1S/C14H13N3OS/c1-9-11(7-17-18-9)12-8-16-14(19-12)13(15)10-5-3-2-4-6-10/h2-8,13H,15H2,1H3. The fraction of sp³-hybridized carbons (Fsp3) is 0.143. The SMILES string of the molecule is Cc1oncc1-c1cnc(C(N)c2ccccc2)s1. The van der Waals surface area contributed by atoms with Crippen LogP contribution in [0.1, 0.15) is 22.4 Å². The maximum Gasteiger partial charge on any atom is 0.142 e. The van der Waals surface area contributed by atoms with Crippen LogP contribution in [-0.4, -0.2) is 10.1 Å². The van der Waals surface area contributed by atoms with Gasteiger partial charge in [-0.25, -0.2) is 4.98 Å². The Balaban J connectivity index is 1.92. The highest BCUT2D eigenvalue weighted by atomic mass is 32.1. The maximum absolute atomic E-state index is 6.23. The Morgan fingerprint density at radius 3 is 2.68 bits per heavy atom. The maximum atomic E-state index is 6.23. The summed E-state index contributed by atoms with van der Waals surface area (Å²) >= 11 is 1.57. The second-order valence-electron chi connectivity index (χ2n) is 4.25. The molecule has 3 aromatic rings. The van der Waals surface area contributed by atoms with E-state index in [1.54, 1.807) is 17.5 Å². The van der Waals surface area contributed by atoms with Gasteiger partial charge in [-0.05, 0) is 12.5 Å². The van der Waals surface area contributed by atoms with Crippen molar-refractivity contribution in [2.24, 2.45) is 5.73 Å². The third-order valence-corrected chi connectivity index (χ3v) is 4.08. The van der Waals surface area contributed by atoms with E-state index in [-0.39, 0.29) is 6.04 Å². The summed E-state index contributed by atoms with van der Waals surface area (Å²) < 4.78 is 5.07. The normalized spacial score (nSPS) is 12.5. The van der Waals surface area contributed by atoms with Crippen molar-refractivity contribution >= 4 is 11.3 Å². The molecule has 19 heavy (non-hydrogen) atoms. The number of aryl methyl sites for hydroxylation is 1. The molecule has 0 radical (unpaired) electrons. The van der Waals surface area contributed by atoms with Crippen molar-refractivity contribution in [1.82, 2.24) is 10.1 Å². The van der Waals surface area contributed by atoms with Crippen LogP contribution in [0.2, 0.25) is 0 Å². The highest BCUT2D eigenvalue weighted by molar-refractivity contribution is 7.15. The van der Waals surface area contributed by atoms with Crippen molar-refractivity contribution in [3.8, 4) is 10.4 Å². The van der Waals surface area contributed by atoms with Gasteiger partial charge in [-0.3, -0.25) is 0 Å². The fourth-order valence-electron chi connectivity index (χ4n) is 1.89. The first-order valence-corrected chi connectivity index (χ1v) is 6.75. The molecule has 2 heterocycles. The van der Waals surface area contributed by atoms with Crippen LogP contribution in [0.3, 0.4) is 0 Å². The minimum atomic E-state index is -0.194. The van der Waals surface area contributed by atoms with E-state index in [0.717, 1.165) is 26.8 Å². The van der Waals surface area contributed by atoms with Crippen molar-refractivity contribution in [3.05, 3.63) is 59.1 Å². The Morgan fingerprint density at radius 1 is 1.21 bits per heavy atom. The van der Waals surface area contributed by atoms with E-state index < -0.39 is 0 Å². The summed E-state index contributed by atoms with van der Waals surface area (Å²) in [5.41, 5.74) is 8.27. The van der Waals surface area contributed by atoms with Crippen LogP contribution in [0.5, 0.6) is 0 Å². The molecule has 0 saturated carbocycles. The number of nitrogens with zero attached hydrogens (tertiary/aromatic N) is 2. The molecule has 0 amide bonds. The zero-order valence-electron chi connectivity index (χ0n) is 10.4. The van der Waals surface area contributed by atoms with E-state index in [1.807, 2.05) is 43.5 Å². The van der Waals surface area contributed by atoms with Gasteiger partial charge in [0.25, 0.3) is 0 Å². The van der Waals surface area contributed by atoms with Crippen molar-refractivity contribution in [1.29, 1.82) is 0 Å². The Labute approximate surface area is 114 Å². The van der Waals surface area contributed by atoms with Crippen LogP contribution in [0, 0.1) is 6.92 Å². The third-order valence-electron chi connectivity index (χ3n) is 2.96. The summed E-state index contributed by atoms with van der Waals surface area (Å²) in [4.78, 5) is 5.44. The summed E-state index contributed by atoms with van der Waals surface area (Å²) in [6.07, 6.45) is 3.53. The molecule has 1 aromatic carbocycles. The van der Waals surface area contributed by atoms with E-state index in [1.165, 1.54) is 0 Å². The topological polar surface area (TPSA) is 64.9 Å². The number of rotatable bonds is 3. The number of benzene rings is 1. The largest absolute Gasteiger partial charge is 0.361 e. The second-order valence-corrected chi connectivity index (χ2v) is 5.31. The quantitative estimate of drug-likeness (QED) is 0.794. The lowest BCUT2D eigenvalue weighted by Gasteiger charge is -2.07. The molecule has 0 fully saturated rings. The van der Waals surface area contributed by atoms with Gasteiger partial charge in [0, 0.05) is 6.20 Å². The first kappa shape index (κ1) is 12.1. The molecule has 2 aromatic heterocycles. The highest BCUT2D eigenvalue weighted by Gasteiger charge is 2.15. The predicted octanol–water partition coefficient (Wildman–Crippen LogP) is 3.15. The van der Waals surface area contributed by atoms with Gasteiger partial charge in [0.1, 0.15) is 10.8 Å². The predicted molar refractivity (Wildman–Crippen MR) is 74.8 cm³/mol. The van der Waals surface area contributed by atoms with Gasteiger partial charge in [-0.1, -0.05) is 35.5 Å². The number of thiazole rings is 1. The van der Waals surface area contributed by atoms with E-state index in [9.17, 15) is 0 Å². The lowest BCUT2D eigenvalue weighted by atomic mass is 10.1. The molecule has 0 bridgehead atoms. The van der Waals surface area contributed by atoms with Crippen molar-refractivity contribution in [2.75, 3.05) is 0 Å². The van der Waals surface area contributed by atoms with Gasteiger partial charge in [0.15, 0.2) is 0 Å². The molecule has 4 nitrogen and oxygen atoms in total. The molecule has 0 saturated heterocycles. The first-order valence-electron chi connectivity index (χ1n) is 5.93. The van der Waals surface area contributed by atoms with E-state index in [4.69, 9.17) is 10.3 Å². The van der Waals surface area contributed by atoms with Gasteiger partial charge in [-0.15, -0.1) is 11.3 Å². The van der Waals surface area contributed by atoms with Crippen LogP contribution in [-0.2, 0) is 0 Å². The molecule has 5 heteroatoms. The minimum absolute atomic E-state index is 0.194. The molecule has 96 valence electrons. The Hall–Kier alpha value is -1.98. The number of nitrogens with two attached hydrogens (primary N) is 1. The zero-order chi connectivity index (χ0) is 13.2. The lowest BCUT2D eigenvalue weighted by molar-refractivity contribution is 0.398. The Kier molecular flexibility index (Phi) is 3.15. The number of aromatic nitrogens is 2. The van der Waals surface area contributed by atoms with Crippen LogP contribution < -0.4 is 5.73 Å². The molecule has 0 aliphatic carbocycles. The smallest absolute Gasteiger partial charge is 0.142 e. The average molecular weight is 271 g/mol. The van der Waals surface area contributed by atoms with Crippen LogP contribution in [0.4, 0.5) is 0 Å². The van der Waals surface area contributed by atoms with E-state index in [2.05, 4.69) is 10.1 Å². The van der Waals surface area contributed by atoms with Gasteiger partial charge in [0.2, 0.25) is 0 Å². The second kappa shape index (κ2) is 4.95. The summed E-state index contributed by atoms with van der Waals surface area (Å²) in [5.74, 6) is 0.795. The molecule has 1 atom stereocenters. The van der Waals surface area contributed by atoms with Crippen LogP contribution in [0.25, 0.3) is 10.4 Å². The van der Waals surface area contributed by atoms with Crippen molar-refractivity contribution in [2.45, 2.75) is 13.0 Å². The zero-order valence-corrected chi connectivity index (χ0v) is 11.2. The van der Waals surface area contributed by atoms with E-state index >= 15 is 0 Å². The Morgan fingerprint density at radius 2 is 2.00 bits per heavy atom. The molecule has 0 aliphatic heterocycles.